The summed E-state index contributed by atoms with van der Waals surface area (Å²) in [6, 6.07) is 4.50. The molecule has 0 aliphatic carbocycles. The maximum absolute atomic E-state index is 12.4. The lowest BCUT2D eigenvalue weighted by Gasteiger charge is -2.25. The van der Waals surface area contributed by atoms with Gasteiger partial charge in [-0.25, -0.2) is 0 Å². The van der Waals surface area contributed by atoms with Gasteiger partial charge in [0.2, 0.25) is 0 Å². The van der Waals surface area contributed by atoms with E-state index in [9.17, 15) is 13.2 Å². The summed E-state index contributed by atoms with van der Waals surface area (Å²) in [5.41, 5.74) is 6.80. The molecule has 106 valence electrons. The molecule has 7 heteroatoms. The fraction of sp³-hybridized carbons (Fsp3) is 0.417. The smallest absolute Gasteiger partial charge is 0.395 e. The van der Waals surface area contributed by atoms with Crippen molar-refractivity contribution in [2.45, 2.75) is 13.1 Å². The van der Waals surface area contributed by atoms with Gasteiger partial charge in [-0.05, 0) is 30.7 Å². The SMILES string of the molecule is Cc1cc(N(CCO)CC(F)(F)F)ccc1C(=N)N. The molecule has 0 radical (unpaired) electrons. The number of rotatable bonds is 5. The van der Waals surface area contributed by atoms with Crippen LogP contribution >= 0.6 is 0 Å². The molecule has 0 saturated heterocycles. The van der Waals surface area contributed by atoms with Gasteiger partial charge in [0.25, 0.3) is 0 Å². The van der Waals surface area contributed by atoms with E-state index in [4.69, 9.17) is 16.2 Å². The van der Waals surface area contributed by atoms with E-state index < -0.39 is 12.7 Å². The number of nitrogens with zero attached hydrogens (tertiary/aromatic N) is 1. The first kappa shape index (κ1) is 15.3. The number of nitrogens with one attached hydrogen (secondary N) is 1. The number of amidine groups is 1. The van der Waals surface area contributed by atoms with Crippen molar-refractivity contribution in [2.75, 3.05) is 24.6 Å². The Morgan fingerprint density at radius 2 is 2.05 bits per heavy atom. The summed E-state index contributed by atoms with van der Waals surface area (Å²) in [5.74, 6) is -0.131. The number of nitrogen functional groups attached to an aromatic ring is 1. The molecule has 1 rings (SSSR count). The largest absolute Gasteiger partial charge is 0.405 e. The number of benzene rings is 1. The molecule has 0 fully saturated rings. The second-order valence-electron chi connectivity index (χ2n) is 4.17. The number of anilines is 1. The van der Waals surface area contributed by atoms with Crippen LogP contribution < -0.4 is 10.6 Å². The van der Waals surface area contributed by atoms with Gasteiger partial charge in [0.1, 0.15) is 12.4 Å². The van der Waals surface area contributed by atoms with Crippen LogP contribution in [0.4, 0.5) is 18.9 Å². The molecule has 0 heterocycles. The monoisotopic (exact) mass is 275 g/mol. The highest BCUT2D eigenvalue weighted by Crippen LogP contribution is 2.24. The normalized spacial score (nSPS) is 11.4. The first-order valence-corrected chi connectivity index (χ1v) is 5.62. The molecule has 0 spiro atoms. The lowest BCUT2D eigenvalue weighted by molar-refractivity contribution is -0.119. The van der Waals surface area contributed by atoms with Crippen LogP contribution in [0, 0.1) is 12.3 Å². The van der Waals surface area contributed by atoms with E-state index in [1.54, 1.807) is 6.92 Å². The van der Waals surface area contributed by atoms with Crippen LogP contribution in [0.25, 0.3) is 0 Å². The maximum atomic E-state index is 12.4. The summed E-state index contributed by atoms with van der Waals surface area (Å²) < 4.78 is 37.3. The lowest BCUT2D eigenvalue weighted by Crippen LogP contribution is -2.36. The van der Waals surface area contributed by atoms with Crippen LogP contribution in [-0.2, 0) is 0 Å². The van der Waals surface area contributed by atoms with Crippen molar-refractivity contribution in [3.05, 3.63) is 29.3 Å². The Labute approximate surface area is 109 Å². The van der Waals surface area contributed by atoms with Crippen molar-refractivity contribution in [3.63, 3.8) is 0 Å². The van der Waals surface area contributed by atoms with Gasteiger partial charge in [-0.1, -0.05) is 0 Å². The van der Waals surface area contributed by atoms with E-state index in [0.717, 1.165) is 4.90 Å². The van der Waals surface area contributed by atoms with Gasteiger partial charge >= 0.3 is 6.18 Å². The van der Waals surface area contributed by atoms with Crippen molar-refractivity contribution >= 4 is 11.5 Å². The van der Waals surface area contributed by atoms with Crippen LogP contribution in [0.1, 0.15) is 11.1 Å². The van der Waals surface area contributed by atoms with E-state index in [1.807, 2.05) is 0 Å². The van der Waals surface area contributed by atoms with E-state index in [-0.39, 0.29) is 19.0 Å². The molecule has 0 saturated carbocycles. The van der Waals surface area contributed by atoms with Crippen molar-refractivity contribution < 1.29 is 18.3 Å². The van der Waals surface area contributed by atoms with Crippen molar-refractivity contribution in [2.24, 2.45) is 5.73 Å². The van der Waals surface area contributed by atoms with E-state index in [2.05, 4.69) is 0 Å². The quantitative estimate of drug-likeness (QED) is 0.565. The Balaban J connectivity index is 3.03. The van der Waals surface area contributed by atoms with Crippen molar-refractivity contribution in [3.8, 4) is 0 Å². The highest BCUT2D eigenvalue weighted by atomic mass is 19.4. The Bertz CT molecular complexity index is 460. The number of nitrogens with two attached hydrogens (primary N) is 1. The molecule has 0 unspecified atom stereocenters. The third-order valence-corrected chi connectivity index (χ3v) is 2.61. The van der Waals surface area contributed by atoms with Gasteiger partial charge in [0, 0.05) is 17.8 Å². The zero-order chi connectivity index (χ0) is 14.6. The molecule has 4 nitrogen and oxygen atoms in total. The Morgan fingerprint density at radius 3 is 2.47 bits per heavy atom. The van der Waals surface area contributed by atoms with Gasteiger partial charge < -0.3 is 15.7 Å². The van der Waals surface area contributed by atoms with Gasteiger partial charge in [0.15, 0.2) is 0 Å². The van der Waals surface area contributed by atoms with Crippen molar-refractivity contribution in [1.82, 2.24) is 0 Å². The summed E-state index contributed by atoms with van der Waals surface area (Å²) in [4.78, 5) is 1.04. The van der Waals surface area contributed by atoms with Crippen molar-refractivity contribution in [1.29, 1.82) is 5.41 Å². The molecular formula is C12H16F3N3O. The molecular weight excluding hydrogens is 259 g/mol. The van der Waals surface area contributed by atoms with E-state index in [1.165, 1.54) is 18.2 Å². The summed E-state index contributed by atoms with van der Waals surface area (Å²) in [7, 11) is 0. The fourth-order valence-corrected chi connectivity index (χ4v) is 1.78. The third-order valence-electron chi connectivity index (χ3n) is 2.61. The van der Waals surface area contributed by atoms with Gasteiger partial charge in [0.05, 0.1) is 6.61 Å². The second kappa shape index (κ2) is 5.92. The maximum Gasteiger partial charge on any atom is 0.405 e. The molecule has 4 N–H and O–H groups in total. The summed E-state index contributed by atoms with van der Waals surface area (Å²) in [5, 5.41) is 16.2. The van der Waals surface area contributed by atoms with E-state index in [0.29, 0.717) is 16.8 Å². The zero-order valence-electron chi connectivity index (χ0n) is 10.5. The van der Waals surface area contributed by atoms with Crippen LogP contribution in [0.3, 0.4) is 0 Å². The highest BCUT2D eigenvalue weighted by Gasteiger charge is 2.30. The topological polar surface area (TPSA) is 73.3 Å². The molecule has 0 aromatic heterocycles. The predicted molar refractivity (Wildman–Crippen MR) is 67.5 cm³/mol. The minimum absolute atomic E-state index is 0.113. The molecule has 0 atom stereocenters. The second-order valence-corrected chi connectivity index (χ2v) is 4.17. The molecule has 0 aliphatic rings. The average molecular weight is 275 g/mol. The Kier molecular flexibility index (Phi) is 4.77. The molecule has 0 amide bonds. The molecule has 19 heavy (non-hydrogen) atoms. The number of aliphatic hydroxyl groups excluding tert-OH is 1. The minimum Gasteiger partial charge on any atom is -0.395 e. The van der Waals surface area contributed by atoms with Crippen LogP contribution in [-0.4, -0.2) is 36.8 Å². The first-order valence-electron chi connectivity index (χ1n) is 5.62. The number of hydrogen-bond acceptors (Lipinski definition) is 3. The summed E-state index contributed by atoms with van der Waals surface area (Å²) in [6.45, 7) is 0.0549. The zero-order valence-corrected chi connectivity index (χ0v) is 10.5. The molecule has 1 aromatic rings. The highest BCUT2D eigenvalue weighted by molar-refractivity contribution is 5.96. The number of hydrogen-bond donors (Lipinski definition) is 3. The first-order chi connectivity index (χ1) is 8.74. The number of halogens is 3. The van der Waals surface area contributed by atoms with Gasteiger partial charge in [-0.15, -0.1) is 0 Å². The summed E-state index contributed by atoms with van der Waals surface area (Å²) >= 11 is 0. The standard InChI is InChI=1S/C12H16F3N3O/c1-8-6-9(2-3-10(8)11(16)17)18(4-5-19)7-12(13,14)15/h2-3,6,19H,4-5,7H2,1H3,(H3,16,17). The summed E-state index contributed by atoms with van der Waals surface area (Å²) in [6.07, 6.45) is -4.34. The van der Waals surface area contributed by atoms with Gasteiger partial charge in [-0.3, -0.25) is 5.41 Å². The predicted octanol–water partition coefficient (Wildman–Crippen LogP) is 1.64. The lowest BCUT2D eigenvalue weighted by atomic mass is 10.1. The molecule has 0 aliphatic heterocycles. The molecule has 0 bridgehead atoms. The Hall–Kier alpha value is -1.76. The van der Waals surface area contributed by atoms with Crippen LogP contribution in [0.5, 0.6) is 0 Å². The van der Waals surface area contributed by atoms with E-state index >= 15 is 0 Å². The van der Waals surface area contributed by atoms with Crippen LogP contribution in [0.2, 0.25) is 0 Å². The number of aliphatic hydroxyl groups is 1. The van der Waals surface area contributed by atoms with Crippen LogP contribution in [0.15, 0.2) is 18.2 Å². The third kappa shape index (κ3) is 4.44. The van der Waals surface area contributed by atoms with Gasteiger partial charge in [-0.2, -0.15) is 13.2 Å². The average Bonchev–Trinajstić information content (AvgIpc) is 2.26. The molecule has 1 aromatic carbocycles. The minimum atomic E-state index is -4.34. The Morgan fingerprint density at radius 1 is 1.42 bits per heavy atom. The number of aryl methyl sites for hydroxylation is 1. The number of alkyl halides is 3. The fourth-order valence-electron chi connectivity index (χ4n) is 1.78.